The van der Waals surface area contributed by atoms with E-state index < -0.39 is 0 Å². The van der Waals surface area contributed by atoms with Gasteiger partial charge in [0.05, 0.1) is 17.7 Å². The van der Waals surface area contributed by atoms with Crippen molar-refractivity contribution < 1.29 is 9.90 Å². The molecule has 0 unspecified atom stereocenters. The summed E-state index contributed by atoms with van der Waals surface area (Å²) in [6.07, 6.45) is 0. The molecule has 0 bridgehead atoms. The number of nitrogens with zero attached hydrogens (tertiary/aromatic N) is 2. The molecule has 0 aliphatic carbocycles. The standard InChI is InChI=1S/C14H14N2O2S2/c1-10-12(20-9-15-10)8-16(2)14(18)13-11(4-3-6-17)5-7-19-13/h5,7,9,17H,6,8H2,1-2H3. The van der Waals surface area contributed by atoms with E-state index in [2.05, 4.69) is 16.8 Å². The van der Waals surface area contributed by atoms with Gasteiger partial charge >= 0.3 is 0 Å². The van der Waals surface area contributed by atoms with Crippen LogP contribution in [0.1, 0.15) is 25.8 Å². The molecule has 20 heavy (non-hydrogen) atoms. The average molecular weight is 306 g/mol. The monoisotopic (exact) mass is 306 g/mol. The van der Waals surface area contributed by atoms with Gasteiger partial charge in [0.15, 0.2) is 0 Å². The van der Waals surface area contributed by atoms with Crippen LogP contribution in [0.4, 0.5) is 0 Å². The zero-order valence-corrected chi connectivity index (χ0v) is 12.8. The maximum absolute atomic E-state index is 12.4. The second kappa shape index (κ2) is 6.66. The quantitative estimate of drug-likeness (QED) is 0.884. The highest BCUT2D eigenvalue weighted by molar-refractivity contribution is 7.12. The molecular weight excluding hydrogens is 292 g/mol. The van der Waals surface area contributed by atoms with Crippen LogP contribution in [0.2, 0.25) is 0 Å². The zero-order chi connectivity index (χ0) is 14.5. The molecule has 6 heteroatoms. The molecule has 0 spiro atoms. The highest BCUT2D eigenvalue weighted by atomic mass is 32.1. The van der Waals surface area contributed by atoms with Gasteiger partial charge in [0, 0.05) is 17.5 Å². The van der Waals surface area contributed by atoms with Gasteiger partial charge in [-0.15, -0.1) is 22.7 Å². The minimum atomic E-state index is -0.209. The molecule has 2 aromatic heterocycles. The molecule has 4 nitrogen and oxygen atoms in total. The van der Waals surface area contributed by atoms with Crippen molar-refractivity contribution >= 4 is 28.6 Å². The van der Waals surface area contributed by atoms with E-state index in [9.17, 15) is 4.79 Å². The topological polar surface area (TPSA) is 53.4 Å². The van der Waals surface area contributed by atoms with Gasteiger partial charge in [-0.1, -0.05) is 11.8 Å². The molecule has 0 aliphatic rings. The van der Waals surface area contributed by atoms with Crippen molar-refractivity contribution in [3.05, 3.63) is 38.0 Å². The molecule has 2 rings (SSSR count). The molecule has 0 saturated heterocycles. The van der Waals surface area contributed by atoms with E-state index in [0.717, 1.165) is 10.6 Å². The third kappa shape index (κ3) is 3.25. The molecule has 1 N–H and O–H groups in total. The summed E-state index contributed by atoms with van der Waals surface area (Å²) in [5, 5.41) is 10.6. The van der Waals surface area contributed by atoms with Crippen molar-refractivity contribution in [2.24, 2.45) is 0 Å². The Bertz CT molecular complexity index is 664. The number of rotatable bonds is 3. The lowest BCUT2D eigenvalue weighted by molar-refractivity contribution is 0.0791. The SMILES string of the molecule is Cc1ncsc1CN(C)C(=O)c1sccc1C#CCO. The molecule has 0 saturated carbocycles. The molecule has 0 aliphatic heterocycles. The lowest BCUT2D eigenvalue weighted by Crippen LogP contribution is -2.25. The van der Waals surface area contributed by atoms with E-state index >= 15 is 0 Å². The minimum Gasteiger partial charge on any atom is -0.384 e. The number of thiophene rings is 1. The fourth-order valence-corrected chi connectivity index (χ4v) is 3.32. The summed E-state index contributed by atoms with van der Waals surface area (Å²) in [5.41, 5.74) is 3.41. The van der Waals surface area contributed by atoms with Crippen LogP contribution in [0.3, 0.4) is 0 Å². The second-order valence-corrected chi connectivity index (χ2v) is 6.00. The van der Waals surface area contributed by atoms with Crippen molar-refractivity contribution in [2.75, 3.05) is 13.7 Å². The highest BCUT2D eigenvalue weighted by Crippen LogP contribution is 2.20. The van der Waals surface area contributed by atoms with Crippen LogP contribution >= 0.6 is 22.7 Å². The summed E-state index contributed by atoms with van der Waals surface area (Å²) in [6.45, 7) is 2.27. The molecule has 2 aromatic rings. The predicted octanol–water partition coefficient (Wildman–Crippen LogP) is 2.13. The van der Waals surface area contributed by atoms with Crippen LogP contribution in [0, 0.1) is 18.8 Å². The Morgan fingerprint density at radius 1 is 1.50 bits per heavy atom. The summed E-state index contributed by atoms with van der Waals surface area (Å²) in [4.78, 5) is 20.0. The van der Waals surface area contributed by atoms with Crippen molar-refractivity contribution in [3.8, 4) is 11.8 Å². The fraction of sp³-hybridized carbons (Fsp3) is 0.286. The molecule has 0 radical (unpaired) electrons. The molecule has 1 amide bonds. The number of carbonyl (C=O) groups excluding carboxylic acids is 1. The number of aliphatic hydroxyl groups is 1. The highest BCUT2D eigenvalue weighted by Gasteiger charge is 2.18. The molecule has 2 heterocycles. The Morgan fingerprint density at radius 2 is 2.30 bits per heavy atom. The summed E-state index contributed by atoms with van der Waals surface area (Å²) in [7, 11) is 1.77. The van der Waals surface area contributed by atoms with Crippen molar-refractivity contribution in [1.29, 1.82) is 0 Å². The van der Waals surface area contributed by atoms with Crippen molar-refractivity contribution in [1.82, 2.24) is 9.88 Å². The summed E-state index contributed by atoms with van der Waals surface area (Å²) in [6, 6.07) is 1.80. The molecule has 0 aromatic carbocycles. The lowest BCUT2D eigenvalue weighted by Gasteiger charge is -2.15. The van der Waals surface area contributed by atoms with Crippen LogP contribution in [-0.4, -0.2) is 34.6 Å². The first-order chi connectivity index (χ1) is 9.63. The number of amides is 1. The Morgan fingerprint density at radius 3 is 2.95 bits per heavy atom. The van der Waals surface area contributed by atoms with Gasteiger partial charge in [-0.05, 0) is 18.4 Å². The third-order valence-electron chi connectivity index (χ3n) is 2.73. The largest absolute Gasteiger partial charge is 0.384 e. The average Bonchev–Trinajstić information content (AvgIpc) is 3.05. The molecule has 0 fully saturated rings. The third-order valence-corrected chi connectivity index (χ3v) is 4.56. The van der Waals surface area contributed by atoms with Gasteiger partial charge in [0.25, 0.3) is 5.91 Å². The summed E-state index contributed by atoms with van der Waals surface area (Å²) < 4.78 is 0. The van der Waals surface area contributed by atoms with E-state index in [1.165, 1.54) is 11.3 Å². The number of aryl methyl sites for hydroxylation is 1. The van der Waals surface area contributed by atoms with E-state index in [-0.39, 0.29) is 12.5 Å². The number of thiazole rings is 1. The lowest BCUT2D eigenvalue weighted by atomic mass is 10.2. The first-order valence-electron chi connectivity index (χ1n) is 5.95. The minimum absolute atomic E-state index is 0.0601. The Labute approximate surface area is 125 Å². The number of aliphatic hydroxyl groups excluding tert-OH is 1. The normalized spacial score (nSPS) is 9.95. The van der Waals surface area contributed by atoms with E-state index in [0.29, 0.717) is 17.0 Å². The maximum atomic E-state index is 12.4. The summed E-state index contributed by atoms with van der Waals surface area (Å²) >= 11 is 2.91. The van der Waals surface area contributed by atoms with Crippen molar-refractivity contribution in [2.45, 2.75) is 13.5 Å². The maximum Gasteiger partial charge on any atom is 0.265 e. The number of carbonyl (C=O) groups is 1. The first kappa shape index (κ1) is 14.7. The van der Waals surface area contributed by atoms with Crippen LogP contribution < -0.4 is 0 Å². The fourth-order valence-electron chi connectivity index (χ4n) is 1.65. The van der Waals surface area contributed by atoms with Gasteiger partial charge < -0.3 is 10.0 Å². The number of hydrogen-bond acceptors (Lipinski definition) is 5. The molecular formula is C14H14N2O2S2. The van der Waals surface area contributed by atoms with Crippen LogP contribution in [0.5, 0.6) is 0 Å². The van der Waals surface area contributed by atoms with Gasteiger partial charge in [0.2, 0.25) is 0 Å². The zero-order valence-electron chi connectivity index (χ0n) is 11.2. The summed E-state index contributed by atoms with van der Waals surface area (Å²) in [5.74, 6) is 5.32. The Balaban J connectivity index is 2.15. The van der Waals surface area contributed by atoms with Crippen LogP contribution in [0.25, 0.3) is 0 Å². The Kier molecular flexibility index (Phi) is 4.90. The van der Waals surface area contributed by atoms with E-state index in [1.54, 1.807) is 34.9 Å². The molecule has 0 atom stereocenters. The second-order valence-electron chi connectivity index (χ2n) is 4.15. The van der Waals surface area contributed by atoms with Crippen LogP contribution in [-0.2, 0) is 6.54 Å². The predicted molar refractivity (Wildman–Crippen MR) is 80.9 cm³/mol. The van der Waals surface area contributed by atoms with Gasteiger partial charge in [0.1, 0.15) is 11.5 Å². The molecule has 104 valence electrons. The number of aromatic nitrogens is 1. The van der Waals surface area contributed by atoms with E-state index in [4.69, 9.17) is 5.11 Å². The van der Waals surface area contributed by atoms with Gasteiger partial charge in [-0.2, -0.15) is 0 Å². The first-order valence-corrected chi connectivity index (χ1v) is 7.71. The van der Waals surface area contributed by atoms with Gasteiger partial charge in [-0.25, -0.2) is 4.98 Å². The number of hydrogen-bond donors (Lipinski definition) is 1. The smallest absolute Gasteiger partial charge is 0.265 e. The van der Waals surface area contributed by atoms with Crippen LogP contribution in [0.15, 0.2) is 17.0 Å². The van der Waals surface area contributed by atoms with Gasteiger partial charge in [-0.3, -0.25) is 4.79 Å². The Hall–Kier alpha value is -1.68. The van der Waals surface area contributed by atoms with E-state index in [1.807, 2.05) is 12.3 Å². The van der Waals surface area contributed by atoms with Crippen molar-refractivity contribution in [3.63, 3.8) is 0 Å².